The van der Waals surface area contributed by atoms with Gasteiger partial charge >= 0.3 is 12.1 Å². The van der Waals surface area contributed by atoms with E-state index in [9.17, 15) is 18.0 Å². The zero-order valence-electron chi connectivity index (χ0n) is 10.4. The summed E-state index contributed by atoms with van der Waals surface area (Å²) < 4.78 is 43.3. The van der Waals surface area contributed by atoms with Crippen LogP contribution in [0.1, 0.15) is 16.1 Å². The van der Waals surface area contributed by atoms with Gasteiger partial charge in [0.25, 0.3) is 0 Å². The molecule has 0 atom stereocenters. The van der Waals surface area contributed by atoms with Crippen molar-refractivity contribution in [1.82, 2.24) is 19.9 Å². The first-order valence-corrected chi connectivity index (χ1v) is 5.37. The average molecular weight is 300 g/mol. The second-order valence-corrected chi connectivity index (χ2v) is 3.70. The number of hydrogen-bond donors (Lipinski definition) is 1. The molecule has 0 bridgehead atoms. The summed E-state index contributed by atoms with van der Waals surface area (Å²) in [6.07, 6.45) is -3.28. The maximum atomic E-state index is 12.8. The molecule has 110 valence electrons. The third-order valence-corrected chi connectivity index (χ3v) is 2.37. The fraction of sp³-hybridized carbons (Fsp3) is 0.182. The molecule has 2 rings (SSSR count). The third kappa shape index (κ3) is 3.04. The molecule has 0 aliphatic carbocycles. The fourth-order valence-electron chi connectivity index (χ4n) is 1.45. The third-order valence-electron chi connectivity index (χ3n) is 2.37. The molecule has 0 aromatic carbocycles. The van der Waals surface area contributed by atoms with Gasteiger partial charge in [-0.3, -0.25) is 0 Å². The first-order valence-electron chi connectivity index (χ1n) is 5.37. The Hall–Kier alpha value is -2.78. The highest BCUT2D eigenvalue weighted by Gasteiger charge is 2.38. The van der Waals surface area contributed by atoms with Crippen LogP contribution in [0.15, 0.2) is 18.6 Å². The van der Waals surface area contributed by atoms with Crippen molar-refractivity contribution < 1.29 is 27.8 Å². The van der Waals surface area contributed by atoms with Gasteiger partial charge in [-0.25, -0.2) is 24.7 Å². The molecule has 0 amide bonds. The predicted octanol–water partition coefficient (Wildman–Crippen LogP) is 1.66. The number of ether oxygens (including phenoxy) is 1. The smallest absolute Gasteiger partial charge is 0.434 e. The van der Waals surface area contributed by atoms with Crippen molar-refractivity contribution in [2.45, 2.75) is 6.18 Å². The monoisotopic (exact) mass is 300 g/mol. The number of nitrogens with zero attached hydrogens (tertiary/aromatic N) is 4. The van der Waals surface area contributed by atoms with Crippen LogP contribution in [0.4, 0.5) is 13.2 Å². The summed E-state index contributed by atoms with van der Waals surface area (Å²) in [7, 11) is 1.32. The van der Waals surface area contributed by atoms with Crippen LogP contribution < -0.4 is 4.74 Å². The number of carboxylic acid groups (broad SMARTS) is 1. The molecule has 0 unspecified atom stereocenters. The Bertz CT molecular complexity index is 691. The summed E-state index contributed by atoms with van der Waals surface area (Å²) >= 11 is 0. The van der Waals surface area contributed by atoms with Gasteiger partial charge in [0.05, 0.1) is 7.11 Å². The van der Waals surface area contributed by atoms with E-state index < -0.39 is 23.4 Å². The Kier molecular flexibility index (Phi) is 3.70. The average Bonchev–Trinajstić information content (AvgIpc) is 2.45. The Morgan fingerprint density at radius 3 is 2.57 bits per heavy atom. The van der Waals surface area contributed by atoms with E-state index in [2.05, 4.69) is 19.9 Å². The van der Waals surface area contributed by atoms with Gasteiger partial charge in [0.15, 0.2) is 11.5 Å². The largest absolute Gasteiger partial charge is 0.481 e. The van der Waals surface area contributed by atoms with E-state index in [4.69, 9.17) is 9.84 Å². The van der Waals surface area contributed by atoms with Crippen LogP contribution in [0.2, 0.25) is 0 Å². The Morgan fingerprint density at radius 1 is 1.29 bits per heavy atom. The van der Waals surface area contributed by atoms with E-state index in [1.54, 1.807) is 0 Å². The highest BCUT2D eigenvalue weighted by Crippen LogP contribution is 2.31. The van der Waals surface area contributed by atoms with Crippen LogP contribution in [-0.2, 0) is 6.18 Å². The zero-order chi connectivity index (χ0) is 15.6. The van der Waals surface area contributed by atoms with Crippen molar-refractivity contribution in [1.29, 1.82) is 0 Å². The SMILES string of the molecule is COc1cc(-c2ncc(C(=O)O)c(C(F)(F)F)n2)ncn1. The maximum Gasteiger partial charge on any atom is 0.434 e. The van der Waals surface area contributed by atoms with E-state index in [-0.39, 0.29) is 17.4 Å². The zero-order valence-corrected chi connectivity index (χ0v) is 10.4. The summed E-state index contributed by atoms with van der Waals surface area (Å²) in [5, 5.41) is 8.75. The summed E-state index contributed by atoms with van der Waals surface area (Å²) in [5.74, 6) is -2.04. The lowest BCUT2D eigenvalue weighted by Crippen LogP contribution is -2.17. The molecule has 0 spiro atoms. The van der Waals surface area contributed by atoms with Crippen LogP contribution in [0.5, 0.6) is 5.88 Å². The van der Waals surface area contributed by atoms with Crippen molar-refractivity contribution >= 4 is 5.97 Å². The molecule has 10 heteroatoms. The number of aromatic nitrogens is 4. The minimum absolute atomic E-state index is 0.0238. The molecule has 0 aliphatic rings. The molecule has 1 N–H and O–H groups in total. The van der Waals surface area contributed by atoms with Gasteiger partial charge in [-0.15, -0.1) is 0 Å². The first-order chi connectivity index (χ1) is 9.82. The van der Waals surface area contributed by atoms with Gasteiger partial charge in [0, 0.05) is 12.3 Å². The van der Waals surface area contributed by atoms with Crippen molar-refractivity contribution in [3.05, 3.63) is 29.8 Å². The standard InChI is InChI=1S/C11H7F3N4O3/c1-21-7-2-6(16-4-17-7)9-15-3-5(10(19)20)8(18-9)11(12,13)14/h2-4H,1H3,(H,19,20). The molecular weight excluding hydrogens is 293 g/mol. The number of hydrogen-bond acceptors (Lipinski definition) is 6. The van der Waals surface area contributed by atoms with E-state index in [1.165, 1.54) is 13.2 Å². The van der Waals surface area contributed by atoms with Crippen molar-refractivity contribution in [2.24, 2.45) is 0 Å². The second-order valence-electron chi connectivity index (χ2n) is 3.70. The van der Waals surface area contributed by atoms with Gasteiger partial charge < -0.3 is 9.84 Å². The quantitative estimate of drug-likeness (QED) is 0.920. The number of methoxy groups -OCH3 is 1. The number of aromatic carboxylic acids is 1. The van der Waals surface area contributed by atoms with Gasteiger partial charge in [-0.05, 0) is 0 Å². The Morgan fingerprint density at radius 2 is 2.00 bits per heavy atom. The molecule has 7 nitrogen and oxygen atoms in total. The summed E-state index contributed by atoms with van der Waals surface area (Å²) in [6, 6.07) is 1.23. The van der Waals surface area contributed by atoms with E-state index in [1.807, 2.05) is 0 Å². The van der Waals surface area contributed by atoms with Crippen molar-refractivity contribution in [3.63, 3.8) is 0 Å². The number of rotatable bonds is 3. The molecule has 0 aliphatic heterocycles. The Balaban J connectivity index is 2.58. The second kappa shape index (κ2) is 5.31. The molecule has 0 saturated carbocycles. The number of carbonyl (C=O) groups is 1. The summed E-state index contributed by atoms with van der Waals surface area (Å²) in [5.41, 5.74) is -2.60. The number of carboxylic acids is 1. The molecule has 2 aromatic rings. The van der Waals surface area contributed by atoms with Crippen LogP contribution >= 0.6 is 0 Å². The van der Waals surface area contributed by atoms with E-state index in [0.717, 1.165) is 6.33 Å². The lowest BCUT2D eigenvalue weighted by molar-refractivity contribution is -0.141. The van der Waals surface area contributed by atoms with Crippen molar-refractivity contribution in [3.8, 4) is 17.4 Å². The van der Waals surface area contributed by atoms with Crippen LogP contribution in [0.25, 0.3) is 11.5 Å². The minimum Gasteiger partial charge on any atom is -0.481 e. The van der Waals surface area contributed by atoms with Crippen molar-refractivity contribution in [2.75, 3.05) is 7.11 Å². The molecule has 2 heterocycles. The summed E-state index contributed by atoms with van der Waals surface area (Å²) in [6.45, 7) is 0. The molecule has 0 fully saturated rings. The topological polar surface area (TPSA) is 98.1 Å². The molecular formula is C11H7F3N4O3. The normalized spacial score (nSPS) is 11.2. The minimum atomic E-state index is -4.93. The van der Waals surface area contributed by atoms with Gasteiger partial charge in [-0.2, -0.15) is 13.2 Å². The first kappa shape index (κ1) is 14.6. The highest BCUT2D eigenvalue weighted by molar-refractivity contribution is 5.88. The van der Waals surface area contributed by atoms with E-state index >= 15 is 0 Å². The fourth-order valence-corrected chi connectivity index (χ4v) is 1.45. The molecule has 0 saturated heterocycles. The molecule has 2 aromatic heterocycles. The van der Waals surface area contributed by atoms with E-state index in [0.29, 0.717) is 6.20 Å². The van der Waals surface area contributed by atoms with Crippen LogP contribution in [0, 0.1) is 0 Å². The van der Waals surface area contributed by atoms with Crippen LogP contribution in [0.3, 0.4) is 0 Å². The number of halogens is 3. The maximum absolute atomic E-state index is 12.8. The van der Waals surface area contributed by atoms with Gasteiger partial charge in [0.2, 0.25) is 5.88 Å². The Labute approximate surface area is 115 Å². The lowest BCUT2D eigenvalue weighted by atomic mass is 10.2. The van der Waals surface area contributed by atoms with Gasteiger partial charge in [-0.1, -0.05) is 0 Å². The van der Waals surface area contributed by atoms with Crippen LogP contribution in [-0.4, -0.2) is 38.1 Å². The van der Waals surface area contributed by atoms with Gasteiger partial charge in [0.1, 0.15) is 17.6 Å². The predicted molar refractivity (Wildman–Crippen MR) is 61.6 cm³/mol. The molecule has 0 radical (unpaired) electrons. The molecule has 21 heavy (non-hydrogen) atoms. The highest BCUT2D eigenvalue weighted by atomic mass is 19.4. The number of alkyl halides is 3. The summed E-state index contributed by atoms with van der Waals surface area (Å²) in [4.78, 5) is 25.0. The lowest BCUT2D eigenvalue weighted by Gasteiger charge is -2.10.